The molecule has 1 aliphatic carbocycles. The highest BCUT2D eigenvalue weighted by Crippen LogP contribution is 2.45. The summed E-state index contributed by atoms with van der Waals surface area (Å²) in [5.74, 6) is 0.650. The maximum absolute atomic E-state index is 2.42. The molecule has 270 valence electrons. The largest absolute Gasteiger partial charge is 0.310 e. The molecule has 1 fully saturated rings. The van der Waals surface area contributed by atoms with E-state index in [-0.39, 0.29) is 0 Å². The molecule has 0 amide bonds. The van der Waals surface area contributed by atoms with E-state index >= 15 is 0 Å². The molecule has 0 N–H and O–H groups in total. The SMILES string of the molecule is c1ccc(-c2cccc(-c3ccccc3)c2-c2ccc(N(c3ccc(-c4ccccc4C4CCCCC4)cc3)c3ccc4c(c3)sc3ccccc34)cc2)cc1. The first-order valence-electron chi connectivity index (χ1n) is 20.0. The number of benzene rings is 8. The van der Waals surface area contributed by atoms with Crippen molar-refractivity contribution in [3.63, 3.8) is 0 Å². The highest BCUT2D eigenvalue weighted by atomic mass is 32.1. The summed E-state index contributed by atoms with van der Waals surface area (Å²) >= 11 is 1.87. The summed E-state index contributed by atoms with van der Waals surface area (Å²) in [5, 5.41) is 2.63. The van der Waals surface area contributed by atoms with Crippen LogP contribution >= 0.6 is 11.3 Å². The fourth-order valence-corrected chi connectivity index (χ4v) is 10.1. The van der Waals surface area contributed by atoms with Crippen LogP contribution in [0.1, 0.15) is 43.6 Å². The van der Waals surface area contributed by atoms with E-state index in [4.69, 9.17) is 0 Å². The lowest BCUT2D eigenvalue weighted by Gasteiger charge is -2.27. The van der Waals surface area contributed by atoms with Crippen molar-refractivity contribution < 1.29 is 0 Å². The number of fused-ring (bicyclic) bond motifs is 3. The molecule has 10 rings (SSSR count). The number of hydrogen-bond donors (Lipinski definition) is 0. The molecule has 1 heterocycles. The van der Waals surface area contributed by atoms with Crippen LogP contribution in [0, 0.1) is 0 Å². The first-order chi connectivity index (χ1) is 27.8. The lowest BCUT2D eigenvalue weighted by molar-refractivity contribution is 0.444. The summed E-state index contributed by atoms with van der Waals surface area (Å²) in [7, 11) is 0. The Morgan fingerprint density at radius 1 is 0.375 bits per heavy atom. The van der Waals surface area contributed by atoms with Gasteiger partial charge in [-0.2, -0.15) is 0 Å². The minimum absolute atomic E-state index is 0.650. The van der Waals surface area contributed by atoms with E-state index in [1.165, 1.54) is 102 Å². The molecule has 0 radical (unpaired) electrons. The maximum Gasteiger partial charge on any atom is 0.0476 e. The summed E-state index contributed by atoms with van der Waals surface area (Å²) in [6, 6.07) is 71.6. The molecule has 0 unspecified atom stereocenters. The first kappa shape index (κ1) is 34.3. The van der Waals surface area contributed by atoms with E-state index < -0.39 is 0 Å². The minimum Gasteiger partial charge on any atom is -0.310 e. The van der Waals surface area contributed by atoms with E-state index in [9.17, 15) is 0 Å². The van der Waals surface area contributed by atoms with Crippen LogP contribution in [-0.2, 0) is 0 Å². The van der Waals surface area contributed by atoms with Gasteiger partial charge in [-0.15, -0.1) is 11.3 Å². The van der Waals surface area contributed by atoms with Gasteiger partial charge in [-0.3, -0.25) is 0 Å². The normalized spacial score (nSPS) is 13.3. The van der Waals surface area contributed by atoms with E-state index in [2.05, 4.69) is 199 Å². The van der Waals surface area contributed by atoms with E-state index in [1.807, 2.05) is 11.3 Å². The summed E-state index contributed by atoms with van der Waals surface area (Å²) in [6.07, 6.45) is 6.62. The Morgan fingerprint density at radius 2 is 0.893 bits per heavy atom. The molecular formula is C54H43NS. The molecule has 0 bridgehead atoms. The van der Waals surface area contributed by atoms with Crippen molar-refractivity contribution in [2.75, 3.05) is 4.90 Å². The smallest absolute Gasteiger partial charge is 0.0476 e. The van der Waals surface area contributed by atoms with Crippen LogP contribution in [0.25, 0.3) is 64.7 Å². The molecule has 56 heavy (non-hydrogen) atoms. The van der Waals surface area contributed by atoms with Crippen LogP contribution in [0.4, 0.5) is 17.1 Å². The zero-order valence-corrected chi connectivity index (χ0v) is 32.3. The van der Waals surface area contributed by atoms with Gasteiger partial charge in [0.25, 0.3) is 0 Å². The van der Waals surface area contributed by atoms with Crippen LogP contribution in [0.3, 0.4) is 0 Å². The molecular weight excluding hydrogens is 695 g/mol. The molecule has 1 aliphatic rings. The zero-order valence-electron chi connectivity index (χ0n) is 31.4. The summed E-state index contributed by atoms with van der Waals surface area (Å²) in [5.41, 5.74) is 14.9. The molecule has 2 heteroatoms. The number of hydrogen-bond acceptors (Lipinski definition) is 2. The fraction of sp³-hybridized carbons (Fsp3) is 0.111. The Hall–Kier alpha value is -6.22. The zero-order chi connectivity index (χ0) is 37.3. The molecule has 0 atom stereocenters. The second kappa shape index (κ2) is 15.1. The van der Waals surface area contributed by atoms with Crippen molar-refractivity contribution in [2.45, 2.75) is 38.0 Å². The Labute approximate surface area is 334 Å². The van der Waals surface area contributed by atoms with Gasteiger partial charge in [-0.1, -0.05) is 171 Å². The second-order valence-corrected chi connectivity index (χ2v) is 16.2. The van der Waals surface area contributed by atoms with E-state index in [0.717, 1.165) is 17.1 Å². The minimum atomic E-state index is 0.650. The number of rotatable bonds is 8. The maximum atomic E-state index is 2.42. The van der Waals surface area contributed by atoms with Crippen LogP contribution in [0.5, 0.6) is 0 Å². The molecule has 9 aromatic rings. The van der Waals surface area contributed by atoms with Crippen molar-refractivity contribution >= 4 is 48.6 Å². The molecule has 0 aliphatic heterocycles. The third-order valence-electron chi connectivity index (χ3n) is 11.7. The first-order valence-corrected chi connectivity index (χ1v) is 20.9. The monoisotopic (exact) mass is 737 g/mol. The molecule has 1 nitrogen and oxygen atoms in total. The second-order valence-electron chi connectivity index (χ2n) is 15.1. The quantitative estimate of drug-likeness (QED) is 0.150. The highest BCUT2D eigenvalue weighted by Gasteiger charge is 2.21. The van der Waals surface area contributed by atoms with Crippen LogP contribution in [0.2, 0.25) is 0 Å². The van der Waals surface area contributed by atoms with Crippen molar-refractivity contribution in [2.24, 2.45) is 0 Å². The molecule has 1 saturated carbocycles. The van der Waals surface area contributed by atoms with Crippen molar-refractivity contribution in [1.82, 2.24) is 0 Å². The lowest BCUT2D eigenvalue weighted by Crippen LogP contribution is -2.10. The molecule has 1 aromatic heterocycles. The fourth-order valence-electron chi connectivity index (χ4n) is 8.98. The number of anilines is 3. The van der Waals surface area contributed by atoms with E-state index in [0.29, 0.717) is 5.92 Å². The van der Waals surface area contributed by atoms with Gasteiger partial charge in [-0.05, 0) is 111 Å². The third kappa shape index (κ3) is 6.51. The summed E-state index contributed by atoms with van der Waals surface area (Å²) < 4.78 is 2.62. The van der Waals surface area contributed by atoms with Gasteiger partial charge < -0.3 is 4.90 Å². The summed E-state index contributed by atoms with van der Waals surface area (Å²) in [6.45, 7) is 0. The number of nitrogens with zero attached hydrogens (tertiary/aromatic N) is 1. The van der Waals surface area contributed by atoms with Gasteiger partial charge in [-0.25, -0.2) is 0 Å². The van der Waals surface area contributed by atoms with Gasteiger partial charge in [0.15, 0.2) is 0 Å². The Bertz CT molecular complexity index is 2700. The van der Waals surface area contributed by atoms with Crippen LogP contribution < -0.4 is 4.90 Å². The Morgan fingerprint density at radius 3 is 1.57 bits per heavy atom. The van der Waals surface area contributed by atoms with Crippen molar-refractivity contribution in [1.29, 1.82) is 0 Å². The van der Waals surface area contributed by atoms with Crippen molar-refractivity contribution in [3.05, 3.63) is 200 Å². The summed E-state index contributed by atoms with van der Waals surface area (Å²) in [4.78, 5) is 2.42. The predicted molar refractivity (Wildman–Crippen MR) is 242 cm³/mol. The van der Waals surface area contributed by atoms with E-state index in [1.54, 1.807) is 0 Å². The van der Waals surface area contributed by atoms with Gasteiger partial charge in [0, 0.05) is 37.2 Å². The van der Waals surface area contributed by atoms with Crippen LogP contribution in [-0.4, -0.2) is 0 Å². The molecule has 0 saturated heterocycles. The van der Waals surface area contributed by atoms with Crippen molar-refractivity contribution in [3.8, 4) is 44.5 Å². The van der Waals surface area contributed by atoms with Gasteiger partial charge in [0.1, 0.15) is 0 Å². The lowest BCUT2D eigenvalue weighted by atomic mass is 9.81. The molecule has 8 aromatic carbocycles. The average Bonchev–Trinajstić information content (AvgIpc) is 3.66. The predicted octanol–water partition coefficient (Wildman–Crippen LogP) is 16.2. The standard InChI is InChI=1S/C54H43NS/c1-4-15-38(16-5-1)46-21-10-11-22-47(46)41-27-31-43(32-28-41)55(45-35-36-51-50-23-12-13-26-52(50)56-53(51)37-45)44-33-29-42(30-34-44)54-48(39-17-6-2-7-18-39)24-14-25-49(54)40-19-8-3-9-20-40/h2-3,6-14,17-38H,1,4-5,15-16H2. The molecule has 0 spiro atoms. The van der Waals surface area contributed by atoms with Gasteiger partial charge >= 0.3 is 0 Å². The average molecular weight is 738 g/mol. The van der Waals surface area contributed by atoms with Gasteiger partial charge in [0.2, 0.25) is 0 Å². The van der Waals surface area contributed by atoms with Crippen LogP contribution in [0.15, 0.2) is 194 Å². The highest BCUT2D eigenvalue weighted by molar-refractivity contribution is 7.25. The third-order valence-corrected chi connectivity index (χ3v) is 12.8. The Balaban J connectivity index is 1.09. The number of thiophene rings is 1. The topological polar surface area (TPSA) is 3.24 Å². The van der Waals surface area contributed by atoms with Gasteiger partial charge in [0.05, 0.1) is 0 Å². The Kier molecular flexibility index (Phi) is 9.27.